The summed E-state index contributed by atoms with van der Waals surface area (Å²) in [6.07, 6.45) is 6.77. The Morgan fingerprint density at radius 1 is 0.941 bits per heavy atom. The molecule has 3 rings (SSSR count). The highest BCUT2D eigenvalue weighted by Gasteiger charge is 2.23. The number of rotatable bonds is 11. The Kier molecular flexibility index (Phi) is 9.07. The van der Waals surface area contributed by atoms with E-state index in [1.165, 1.54) is 26.6 Å². The van der Waals surface area contributed by atoms with Crippen LogP contribution in [0.1, 0.15) is 21.5 Å². The molecule has 34 heavy (non-hydrogen) atoms. The summed E-state index contributed by atoms with van der Waals surface area (Å²) in [5.41, 5.74) is 1.69. The number of carbonyl (C=O) groups excluding carboxylic acids is 2. The number of hydrogen-bond acceptors (Lipinski definition) is 7. The van der Waals surface area contributed by atoms with E-state index in [0.29, 0.717) is 24.3 Å². The molecule has 1 amide bonds. The van der Waals surface area contributed by atoms with E-state index in [2.05, 4.69) is 15.3 Å². The van der Waals surface area contributed by atoms with Gasteiger partial charge in [0.05, 0.1) is 29.8 Å². The van der Waals surface area contributed by atoms with Gasteiger partial charge in [-0.15, -0.1) is 0 Å². The maximum Gasteiger partial charge on any atom is 0.257 e. The molecule has 0 saturated carbocycles. The maximum absolute atomic E-state index is 13.2. The van der Waals surface area contributed by atoms with Crippen molar-refractivity contribution < 1.29 is 23.8 Å². The second-order valence-electron chi connectivity index (χ2n) is 7.10. The van der Waals surface area contributed by atoms with Crippen LogP contribution in [0.5, 0.6) is 17.2 Å². The number of nitrogens with one attached hydrogen (secondary N) is 1. The minimum atomic E-state index is -0.349. The molecule has 0 aliphatic carbocycles. The van der Waals surface area contributed by atoms with Gasteiger partial charge in [-0.05, 0) is 36.2 Å². The zero-order valence-electron chi connectivity index (χ0n) is 18.6. The molecule has 1 aromatic carbocycles. The lowest BCUT2D eigenvalue weighted by Crippen LogP contribution is -2.31. The number of ketones is 1. The molecule has 2 heterocycles. The Bertz CT molecular complexity index is 1140. The number of ether oxygens (including phenoxy) is 3. The fourth-order valence-electron chi connectivity index (χ4n) is 3.21. The quantitative estimate of drug-likeness (QED) is 0.395. The highest BCUT2D eigenvalue weighted by atomic mass is 35.5. The van der Waals surface area contributed by atoms with Gasteiger partial charge in [0.15, 0.2) is 23.9 Å². The van der Waals surface area contributed by atoms with E-state index in [0.717, 1.165) is 5.56 Å². The molecular formula is C24H23Cl2N3O5. The zero-order chi connectivity index (χ0) is 24.5. The van der Waals surface area contributed by atoms with Crippen molar-refractivity contribution in [3.05, 3.63) is 75.8 Å². The number of Topliss-reactive ketones (excluding diaryl/α,β-unsaturated/α-hetero) is 1. The van der Waals surface area contributed by atoms with E-state index in [4.69, 9.17) is 37.4 Å². The van der Waals surface area contributed by atoms with E-state index in [1.54, 1.807) is 24.5 Å². The normalized spacial score (nSPS) is 10.5. The van der Waals surface area contributed by atoms with Gasteiger partial charge in [0.1, 0.15) is 0 Å². The Balaban J connectivity index is 1.75. The number of nitrogens with zero attached hydrogens (tertiary/aromatic N) is 2. The molecule has 8 nitrogen and oxygen atoms in total. The average molecular weight is 504 g/mol. The summed E-state index contributed by atoms with van der Waals surface area (Å²) in [6.45, 7) is 0.100. The first-order valence-electron chi connectivity index (χ1n) is 10.3. The van der Waals surface area contributed by atoms with Crippen LogP contribution >= 0.6 is 23.2 Å². The van der Waals surface area contributed by atoms with Gasteiger partial charge in [0.2, 0.25) is 5.75 Å². The van der Waals surface area contributed by atoms with Crippen LogP contribution in [-0.4, -0.2) is 49.0 Å². The van der Waals surface area contributed by atoms with Crippen LogP contribution in [-0.2, 0) is 17.6 Å². The fraction of sp³-hybridized carbons (Fsp3) is 0.250. The SMILES string of the molecule is COc1ccc(C(=O)Cc2c(Cl)cncc2Cl)c(OCC(=O)NCCc2ccncc2)c1OC. The predicted molar refractivity (Wildman–Crippen MR) is 128 cm³/mol. The number of pyridine rings is 2. The van der Waals surface area contributed by atoms with E-state index in [1.807, 2.05) is 12.1 Å². The second-order valence-corrected chi connectivity index (χ2v) is 7.92. The van der Waals surface area contributed by atoms with Crippen LogP contribution in [0.3, 0.4) is 0 Å². The molecule has 0 aliphatic rings. The van der Waals surface area contributed by atoms with Gasteiger partial charge >= 0.3 is 0 Å². The maximum atomic E-state index is 13.2. The van der Waals surface area contributed by atoms with Crippen LogP contribution < -0.4 is 19.5 Å². The number of halogens is 2. The molecule has 178 valence electrons. The predicted octanol–water partition coefficient (Wildman–Crippen LogP) is 3.96. The van der Waals surface area contributed by atoms with Crippen molar-refractivity contribution in [1.82, 2.24) is 15.3 Å². The van der Waals surface area contributed by atoms with Crippen molar-refractivity contribution in [3.8, 4) is 17.2 Å². The molecular weight excluding hydrogens is 481 g/mol. The molecule has 0 bridgehead atoms. The van der Waals surface area contributed by atoms with Gasteiger partial charge in [-0.3, -0.25) is 19.6 Å². The van der Waals surface area contributed by atoms with Crippen molar-refractivity contribution in [3.63, 3.8) is 0 Å². The van der Waals surface area contributed by atoms with Crippen molar-refractivity contribution in [1.29, 1.82) is 0 Å². The molecule has 0 unspecified atom stereocenters. The van der Waals surface area contributed by atoms with Gasteiger partial charge in [0, 0.05) is 43.3 Å². The first kappa shape index (κ1) is 25.3. The third-order valence-corrected chi connectivity index (χ3v) is 5.57. The Morgan fingerprint density at radius 2 is 1.65 bits per heavy atom. The standard InChI is InChI=1S/C24H23Cl2N3O5/c1-32-21-4-3-16(20(30)11-17-18(25)12-28-13-19(17)26)23(24(21)33-2)34-14-22(31)29-10-7-15-5-8-27-9-6-15/h3-6,8-9,12-13H,7,10-11,14H2,1-2H3,(H,29,31). The zero-order valence-corrected chi connectivity index (χ0v) is 20.2. The fourth-order valence-corrected chi connectivity index (χ4v) is 3.71. The van der Waals surface area contributed by atoms with Crippen molar-refractivity contribution in [2.75, 3.05) is 27.4 Å². The third-order valence-electron chi connectivity index (χ3n) is 4.92. The van der Waals surface area contributed by atoms with Crippen LogP contribution in [0.2, 0.25) is 10.0 Å². The van der Waals surface area contributed by atoms with E-state index >= 15 is 0 Å². The minimum Gasteiger partial charge on any atom is -0.493 e. The van der Waals surface area contributed by atoms with Gasteiger partial charge in [-0.1, -0.05) is 23.2 Å². The Hall–Kier alpha value is -3.36. The highest BCUT2D eigenvalue weighted by molar-refractivity contribution is 6.36. The molecule has 0 saturated heterocycles. The summed E-state index contributed by atoms with van der Waals surface area (Å²) in [6, 6.07) is 6.89. The lowest BCUT2D eigenvalue weighted by atomic mass is 10.0. The summed E-state index contributed by atoms with van der Waals surface area (Å²) in [4.78, 5) is 33.4. The molecule has 1 N–H and O–H groups in total. The molecule has 2 aromatic heterocycles. The summed E-state index contributed by atoms with van der Waals surface area (Å²) in [5, 5.41) is 3.34. The van der Waals surface area contributed by atoms with Crippen LogP contribution in [0.4, 0.5) is 0 Å². The first-order chi connectivity index (χ1) is 16.4. The first-order valence-corrected chi connectivity index (χ1v) is 11.0. The number of benzene rings is 1. The van der Waals surface area contributed by atoms with Crippen molar-refractivity contribution in [2.45, 2.75) is 12.8 Å². The number of carbonyl (C=O) groups is 2. The molecule has 3 aromatic rings. The largest absolute Gasteiger partial charge is 0.493 e. The summed E-state index contributed by atoms with van der Waals surface area (Å²) < 4.78 is 16.5. The third kappa shape index (κ3) is 6.36. The van der Waals surface area contributed by atoms with Gasteiger partial charge in [-0.25, -0.2) is 0 Å². The summed E-state index contributed by atoms with van der Waals surface area (Å²) in [7, 11) is 2.88. The molecule has 0 radical (unpaired) electrons. The molecule has 0 spiro atoms. The lowest BCUT2D eigenvalue weighted by molar-refractivity contribution is -0.123. The number of methoxy groups -OCH3 is 2. The molecule has 10 heteroatoms. The van der Waals surface area contributed by atoms with Crippen LogP contribution in [0.15, 0.2) is 49.1 Å². The summed E-state index contributed by atoms with van der Waals surface area (Å²) >= 11 is 12.3. The van der Waals surface area contributed by atoms with Crippen LogP contribution in [0, 0.1) is 0 Å². The van der Waals surface area contributed by atoms with Gasteiger partial charge in [-0.2, -0.15) is 0 Å². The average Bonchev–Trinajstić information content (AvgIpc) is 2.84. The Labute approximate surface area is 207 Å². The highest BCUT2D eigenvalue weighted by Crippen LogP contribution is 2.40. The van der Waals surface area contributed by atoms with Gasteiger partial charge < -0.3 is 19.5 Å². The van der Waals surface area contributed by atoms with Crippen LogP contribution in [0.25, 0.3) is 0 Å². The molecule has 0 fully saturated rings. The van der Waals surface area contributed by atoms with Crippen molar-refractivity contribution in [2.24, 2.45) is 0 Å². The number of amides is 1. The second kappa shape index (κ2) is 12.2. The minimum absolute atomic E-state index is 0.0931. The number of hydrogen-bond donors (Lipinski definition) is 1. The smallest absolute Gasteiger partial charge is 0.257 e. The molecule has 0 aliphatic heterocycles. The topological polar surface area (TPSA) is 99.6 Å². The monoisotopic (exact) mass is 503 g/mol. The van der Waals surface area contributed by atoms with E-state index in [-0.39, 0.29) is 51.8 Å². The summed E-state index contributed by atoms with van der Waals surface area (Å²) in [5.74, 6) is -0.0315. The van der Waals surface area contributed by atoms with E-state index in [9.17, 15) is 9.59 Å². The lowest BCUT2D eigenvalue weighted by Gasteiger charge is -2.17. The number of aromatic nitrogens is 2. The van der Waals surface area contributed by atoms with Gasteiger partial charge in [0.25, 0.3) is 5.91 Å². The Morgan fingerprint density at radius 3 is 2.29 bits per heavy atom. The van der Waals surface area contributed by atoms with Crippen molar-refractivity contribution >= 4 is 34.9 Å². The molecule has 0 atom stereocenters. The van der Waals surface area contributed by atoms with E-state index < -0.39 is 0 Å².